The molecule has 0 spiro atoms. The lowest BCUT2D eigenvalue weighted by atomic mass is 9.87. The van der Waals surface area contributed by atoms with Gasteiger partial charge in [0.05, 0.1) is 0 Å². The Balaban J connectivity index is 1.50. The van der Waals surface area contributed by atoms with Crippen LogP contribution < -0.4 is 5.32 Å². The molecule has 1 saturated heterocycles. The van der Waals surface area contributed by atoms with E-state index in [1.165, 1.54) is 38.8 Å². The fraction of sp³-hybridized carbons (Fsp3) is 0.867. The van der Waals surface area contributed by atoms with Crippen molar-refractivity contribution in [3.63, 3.8) is 0 Å². The molecule has 1 aliphatic heterocycles. The lowest BCUT2D eigenvalue weighted by Crippen LogP contribution is -2.47. The largest absolute Gasteiger partial charge is 0.311 e. The highest BCUT2D eigenvalue weighted by Gasteiger charge is 2.38. The molecule has 3 rings (SSSR count). The summed E-state index contributed by atoms with van der Waals surface area (Å²) in [6.45, 7) is 4.94. The molecule has 4 unspecified atom stereocenters. The van der Waals surface area contributed by atoms with Gasteiger partial charge in [0.25, 0.3) is 0 Å². The van der Waals surface area contributed by atoms with Crippen molar-refractivity contribution < 1.29 is 0 Å². The predicted molar refractivity (Wildman–Crippen MR) is 72.0 cm³/mol. The summed E-state index contributed by atoms with van der Waals surface area (Å²) in [5, 5.41) is 3.91. The Morgan fingerprint density at radius 3 is 2.53 bits per heavy atom. The molecule has 17 heavy (non-hydrogen) atoms. The Morgan fingerprint density at radius 1 is 1.18 bits per heavy atom. The smallest absolute Gasteiger partial charge is 0.00940 e. The topological polar surface area (TPSA) is 15.3 Å². The Bertz CT molecular complexity index is 291. The van der Waals surface area contributed by atoms with Crippen molar-refractivity contribution in [1.29, 1.82) is 0 Å². The minimum absolute atomic E-state index is 0.711. The van der Waals surface area contributed by atoms with Gasteiger partial charge in [-0.25, -0.2) is 0 Å². The molecule has 0 amide bonds. The zero-order valence-electron chi connectivity index (χ0n) is 11.2. The normalized spacial score (nSPS) is 40.0. The Morgan fingerprint density at radius 2 is 1.94 bits per heavy atom. The van der Waals surface area contributed by atoms with Gasteiger partial charge in [-0.15, -0.1) is 0 Å². The number of piperidine rings is 1. The van der Waals surface area contributed by atoms with E-state index in [0.29, 0.717) is 6.04 Å². The third kappa shape index (κ3) is 2.43. The molecule has 0 aromatic carbocycles. The minimum atomic E-state index is 0.711. The van der Waals surface area contributed by atoms with Crippen LogP contribution >= 0.6 is 0 Å². The van der Waals surface area contributed by atoms with E-state index >= 15 is 0 Å². The molecule has 2 bridgehead atoms. The molecule has 1 N–H and O–H groups in total. The number of nitrogens with zero attached hydrogens (tertiary/aromatic N) is 1. The second-order valence-electron chi connectivity index (χ2n) is 6.48. The average Bonchev–Trinajstić information content (AvgIpc) is 2.94. The van der Waals surface area contributed by atoms with Gasteiger partial charge in [0, 0.05) is 12.1 Å². The summed E-state index contributed by atoms with van der Waals surface area (Å²) in [6.07, 6.45) is 10.5. The average molecular weight is 234 g/mol. The molecule has 0 aromatic heterocycles. The van der Waals surface area contributed by atoms with Crippen LogP contribution in [0.15, 0.2) is 12.2 Å². The summed E-state index contributed by atoms with van der Waals surface area (Å²) in [5.41, 5.74) is 0. The minimum Gasteiger partial charge on any atom is -0.311 e. The summed E-state index contributed by atoms with van der Waals surface area (Å²) in [5.74, 6) is 2.70. The molecule has 2 nitrogen and oxygen atoms in total. The van der Waals surface area contributed by atoms with E-state index in [0.717, 1.165) is 23.8 Å². The number of fused-ring (bicyclic) bond motifs is 2. The predicted octanol–water partition coefficient (Wildman–Crippen LogP) is 2.27. The number of nitrogens with one attached hydrogen (secondary N) is 1. The standard InChI is InChI=1S/C15H26N2/c1-11(15-10-12-3-4-13(15)9-12)16-14-5-7-17(2)8-6-14/h3-4,11-16H,5-10H2,1-2H3. The van der Waals surface area contributed by atoms with Crippen molar-refractivity contribution in [2.45, 2.75) is 44.7 Å². The van der Waals surface area contributed by atoms with E-state index in [9.17, 15) is 0 Å². The summed E-state index contributed by atoms with van der Waals surface area (Å²) >= 11 is 0. The van der Waals surface area contributed by atoms with Gasteiger partial charge in [0.2, 0.25) is 0 Å². The summed E-state index contributed by atoms with van der Waals surface area (Å²) in [7, 11) is 2.24. The molecular formula is C15H26N2. The van der Waals surface area contributed by atoms with Crippen LogP contribution in [0.4, 0.5) is 0 Å². The fourth-order valence-electron chi connectivity index (χ4n) is 4.07. The number of allylic oxidation sites excluding steroid dienone is 2. The van der Waals surface area contributed by atoms with E-state index in [4.69, 9.17) is 0 Å². The molecular weight excluding hydrogens is 208 g/mol. The first-order chi connectivity index (χ1) is 8.22. The van der Waals surface area contributed by atoms with Crippen LogP contribution in [0.3, 0.4) is 0 Å². The van der Waals surface area contributed by atoms with Gasteiger partial charge in [-0.2, -0.15) is 0 Å². The van der Waals surface area contributed by atoms with Crippen LogP contribution in [0.25, 0.3) is 0 Å². The van der Waals surface area contributed by atoms with E-state index in [1.807, 2.05) is 0 Å². The molecule has 4 atom stereocenters. The van der Waals surface area contributed by atoms with Crippen LogP contribution in [-0.4, -0.2) is 37.1 Å². The number of likely N-dealkylation sites (tertiary alicyclic amines) is 1. The molecule has 2 fully saturated rings. The van der Waals surface area contributed by atoms with Crippen molar-refractivity contribution in [3.05, 3.63) is 12.2 Å². The van der Waals surface area contributed by atoms with Gasteiger partial charge in [0.1, 0.15) is 0 Å². The van der Waals surface area contributed by atoms with Gasteiger partial charge < -0.3 is 10.2 Å². The highest BCUT2D eigenvalue weighted by atomic mass is 15.1. The maximum Gasteiger partial charge on any atom is 0.00940 e. The first-order valence-electron chi connectivity index (χ1n) is 7.35. The second kappa shape index (κ2) is 4.74. The first kappa shape index (κ1) is 11.7. The maximum atomic E-state index is 3.91. The molecule has 2 aliphatic carbocycles. The SMILES string of the molecule is CC(NC1CCN(C)CC1)C1CC2C=CC1C2. The van der Waals surface area contributed by atoms with Gasteiger partial charge >= 0.3 is 0 Å². The third-order valence-electron chi connectivity index (χ3n) is 5.19. The Hall–Kier alpha value is -0.340. The van der Waals surface area contributed by atoms with Crippen molar-refractivity contribution in [2.75, 3.05) is 20.1 Å². The molecule has 0 radical (unpaired) electrons. The van der Waals surface area contributed by atoms with Gasteiger partial charge in [-0.1, -0.05) is 12.2 Å². The van der Waals surface area contributed by atoms with E-state index in [2.05, 4.69) is 36.3 Å². The quantitative estimate of drug-likeness (QED) is 0.754. The molecule has 96 valence electrons. The molecule has 2 heteroatoms. The van der Waals surface area contributed by atoms with Crippen LogP contribution in [0.1, 0.15) is 32.6 Å². The van der Waals surface area contributed by atoms with Crippen LogP contribution in [0, 0.1) is 17.8 Å². The molecule has 1 heterocycles. The van der Waals surface area contributed by atoms with Crippen LogP contribution in [-0.2, 0) is 0 Å². The monoisotopic (exact) mass is 234 g/mol. The molecule has 3 aliphatic rings. The highest BCUT2D eigenvalue weighted by molar-refractivity contribution is 5.11. The lowest BCUT2D eigenvalue weighted by molar-refractivity contribution is 0.206. The van der Waals surface area contributed by atoms with Gasteiger partial charge in [-0.05, 0) is 70.5 Å². The second-order valence-corrected chi connectivity index (χ2v) is 6.48. The van der Waals surface area contributed by atoms with Crippen molar-refractivity contribution >= 4 is 0 Å². The van der Waals surface area contributed by atoms with Crippen molar-refractivity contribution in [1.82, 2.24) is 10.2 Å². The number of hydrogen-bond donors (Lipinski definition) is 1. The number of rotatable bonds is 3. The zero-order valence-corrected chi connectivity index (χ0v) is 11.2. The maximum absolute atomic E-state index is 3.91. The number of hydrogen-bond acceptors (Lipinski definition) is 2. The summed E-state index contributed by atoms with van der Waals surface area (Å²) in [6, 6.07) is 1.48. The van der Waals surface area contributed by atoms with E-state index in [1.54, 1.807) is 0 Å². The summed E-state index contributed by atoms with van der Waals surface area (Å²) in [4.78, 5) is 2.45. The first-order valence-corrected chi connectivity index (χ1v) is 7.35. The molecule has 1 saturated carbocycles. The van der Waals surface area contributed by atoms with Crippen molar-refractivity contribution in [2.24, 2.45) is 17.8 Å². The van der Waals surface area contributed by atoms with Gasteiger partial charge in [-0.3, -0.25) is 0 Å². The highest BCUT2D eigenvalue weighted by Crippen LogP contribution is 2.44. The lowest BCUT2D eigenvalue weighted by Gasteiger charge is -2.34. The fourth-order valence-corrected chi connectivity index (χ4v) is 4.07. The van der Waals surface area contributed by atoms with E-state index < -0.39 is 0 Å². The Labute approximate surface area is 105 Å². The van der Waals surface area contributed by atoms with Crippen molar-refractivity contribution in [3.8, 4) is 0 Å². The zero-order chi connectivity index (χ0) is 11.8. The van der Waals surface area contributed by atoms with Crippen LogP contribution in [0.5, 0.6) is 0 Å². The summed E-state index contributed by atoms with van der Waals surface area (Å²) < 4.78 is 0. The third-order valence-corrected chi connectivity index (χ3v) is 5.19. The molecule has 0 aromatic rings. The van der Waals surface area contributed by atoms with Crippen LogP contribution in [0.2, 0.25) is 0 Å². The Kier molecular flexibility index (Phi) is 3.27. The van der Waals surface area contributed by atoms with E-state index in [-0.39, 0.29) is 0 Å². The van der Waals surface area contributed by atoms with Gasteiger partial charge in [0.15, 0.2) is 0 Å².